The van der Waals surface area contributed by atoms with Crippen LogP contribution in [0.15, 0.2) is 206 Å². The lowest BCUT2D eigenvalue weighted by molar-refractivity contribution is 0.363. The van der Waals surface area contributed by atoms with E-state index in [1.54, 1.807) is 5.57 Å². The Morgan fingerprint density at radius 1 is 0.820 bits per heavy atom. The molecule has 0 saturated carbocycles. The molecule has 0 bridgehead atoms. The highest BCUT2D eigenvalue weighted by atomic mass is 15.3. The number of hydrogen-bond acceptors (Lipinski definition) is 4. The molecule has 0 saturated heterocycles. The molecule has 2 aliphatic heterocycles. The Hall–Kier alpha value is -6.26. The maximum Gasteiger partial charge on any atom is 0.231 e. The highest BCUT2D eigenvalue weighted by Gasteiger charge is 2.48. The molecule has 2 aliphatic carbocycles. The first-order valence-electron chi connectivity index (χ1n) is 22.4. The van der Waals surface area contributed by atoms with E-state index in [2.05, 4.69) is 195 Å². The van der Waals surface area contributed by atoms with Crippen LogP contribution in [-0.2, 0) is 0 Å². The smallest absolute Gasteiger partial charge is 0.231 e. The van der Waals surface area contributed by atoms with Gasteiger partial charge in [0, 0.05) is 45.8 Å². The van der Waals surface area contributed by atoms with Crippen molar-refractivity contribution in [2.75, 3.05) is 9.80 Å². The lowest BCUT2D eigenvalue weighted by Gasteiger charge is -2.43. The van der Waals surface area contributed by atoms with Gasteiger partial charge in [-0.2, -0.15) is 0 Å². The highest BCUT2D eigenvalue weighted by Crippen LogP contribution is 2.56. The van der Waals surface area contributed by atoms with Crippen molar-refractivity contribution in [1.29, 1.82) is 0 Å². The largest absolute Gasteiger partial charge is 0.334 e. The number of rotatable bonds is 15. The molecule has 0 radical (unpaired) electrons. The SMILES string of the molecule is C=C/C=C(/CCC[C@@H]1C(CCC)=C(C=C)N(c2nc(-c3ccccc3)c3ccccc3n2)C1C=C)C[C@H](C)C1=C[C@@H]2C(c3ccccc3N2c2ccccc2)[C@H]2C=CC=CC12. The van der Waals surface area contributed by atoms with Crippen LogP contribution in [0.5, 0.6) is 0 Å². The van der Waals surface area contributed by atoms with Crippen molar-refractivity contribution in [2.45, 2.75) is 70.4 Å². The van der Waals surface area contributed by atoms with Crippen LogP contribution in [0.25, 0.3) is 22.2 Å². The average molecular weight is 799 g/mol. The van der Waals surface area contributed by atoms with E-state index < -0.39 is 0 Å². The number of allylic oxidation sites excluding steroid dienone is 9. The molecule has 306 valence electrons. The molecule has 0 amide bonds. The van der Waals surface area contributed by atoms with Gasteiger partial charge >= 0.3 is 0 Å². The highest BCUT2D eigenvalue weighted by molar-refractivity contribution is 5.93. The Morgan fingerprint density at radius 2 is 1.56 bits per heavy atom. The molecule has 4 nitrogen and oxygen atoms in total. The number of nitrogens with zero attached hydrogens (tertiary/aromatic N) is 4. The van der Waals surface area contributed by atoms with Crippen LogP contribution < -0.4 is 9.80 Å². The Balaban J connectivity index is 0.974. The topological polar surface area (TPSA) is 32.3 Å². The van der Waals surface area contributed by atoms with Crippen LogP contribution in [-0.4, -0.2) is 22.1 Å². The summed E-state index contributed by atoms with van der Waals surface area (Å²) in [4.78, 5) is 15.4. The molecule has 0 fully saturated rings. The molecule has 7 atom stereocenters. The first-order chi connectivity index (χ1) is 30.0. The van der Waals surface area contributed by atoms with Crippen LogP contribution in [0, 0.1) is 23.7 Å². The average Bonchev–Trinajstić information content (AvgIpc) is 3.80. The minimum absolute atomic E-state index is 0.0246. The van der Waals surface area contributed by atoms with Crippen LogP contribution in [0.2, 0.25) is 0 Å². The third kappa shape index (κ3) is 7.47. The van der Waals surface area contributed by atoms with E-state index in [9.17, 15) is 0 Å². The van der Waals surface area contributed by atoms with Gasteiger partial charge in [0.15, 0.2) is 0 Å². The molecule has 4 aromatic carbocycles. The molecule has 9 rings (SSSR count). The third-order valence-corrected chi connectivity index (χ3v) is 13.7. The first kappa shape index (κ1) is 40.2. The molecular weight excluding hydrogens is 741 g/mol. The number of hydrogen-bond donors (Lipinski definition) is 0. The molecular formula is C57H58N4. The third-order valence-electron chi connectivity index (χ3n) is 13.7. The van der Waals surface area contributed by atoms with E-state index in [-0.39, 0.29) is 18.0 Å². The molecule has 5 aromatic rings. The van der Waals surface area contributed by atoms with Crippen molar-refractivity contribution < 1.29 is 0 Å². The van der Waals surface area contributed by atoms with E-state index in [1.807, 2.05) is 12.2 Å². The minimum Gasteiger partial charge on any atom is -0.334 e. The van der Waals surface area contributed by atoms with Crippen molar-refractivity contribution in [3.63, 3.8) is 0 Å². The van der Waals surface area contributed by atoms with Gasteiger partial charge in [0.1, 0.15) is 0 Å². The molecule has 61 heavy (non-hydrogen) atoms. The fraction of sp³-hybridized carbons (Fsp3) is 0.263. The maximum atomic E-state index is 5.32. The Bertz CT molecular complexity index is 2570. The van der Waals surface area contributed by atoms with Crippen LogP contribution >= 0.6 is 0 Å². The lowest BCUT2D eigenvalue weighted by atomic mass is 9.64. The van der Waals surface area contributed by atoms with Crippen molar-refractivity contribution in [3.05, 3.63) is 212 Å². The van der Waals surface area contributed by atoms with E-state index in [0.29, 0.717) is 29.6 Å². The van der Waals surface area contributed by atoms with E-state index >= 15 is 0 Å². The summed E-state index contributed by atoms with van der Waals surface area (Å²) in [5, 5.41) is 1.05. The van der Waals surface area contributed by atoms with Gasteiger partial charge in [0.2, 0.25) is 5.95 Å². The second-order valence-corrected chi connectivity index (χ2v) is 17.2. The zero-order valence-corrected chi connectivity index (χ0v) is 35.8. The molecule has 0 N–H and O–H groups in total. The van der Waals surface area contributed by atoms with E-state index in [4.69, 9.17) is 9.97 Å². The van der Waals surface area contributed by atoms with Gasteiger partial charge < -0.3 is 9.80 Å². The summed E-state index contributed by atoms with van der Waals surface area (Å²) < 4.78 is 0. The summed E-state index contributed by atoms with van der Waals surface area (Å²) in [6.45, 7) is 17.7. The van der Waals surface area contributed by atoms with Gasteiger partial charge in [0.05, 0.1) is 23.3 Å². The van der Waals surface area contributed by atoms with Crippen molar-refractivity contribution in [1.82, 2.24) is 9.97 Å². The van der Waals surface area contributed by atoms with Gasteiger partial charge in [-0.05, 0) is 85.4 Å². The number of aromatic nitrogens is 2. The molecule has 4 aliphatic rings. The van der Waals surface area contributed by atoms with Gasteiger partial charge in [0.25, 0.3) is 0 Å². The maximum absolute atomic E-state index is 5.32. The lowest BCUT2D eigenvalue weighted by Crippen LogP contribution is -2.39. The van der Waals surface area contributed by atoms with Crippen LogP contribution in [0.3, 0.4) is 0 Å². The first-order valence-corrected chi connectivity index (χ1v) is 22.4. The Morgan fingerprint density at radius 3 is 2.33 bits per heavy atom. The standard InChI is InChI=1S/C57H58N4/c1-6-23-40(37-39(5)49-38-54-55(46-31-17-16-30-43(46)49)48-33-19-21-36-53(48)60(54)42-28-14-11-15-29-42)25-22-34-45-44(24-7-2)51(8-3)61(52(45)9-4)57-58-50-35-20-18-32-47(50)56(59-57)41-26-12-10-13-27-41/h6,8-21,23,26-33,35-36,38-39,43,45-46,52,54-55H,1,3-4,7,22,24-25,34,37H2,2,5H3/b40-23-/t39-,43?,45+,46-,52?,54+,55?/m0/s1. The second-order valence-electron chi connectivity index (χ2n) is 17.2. The number of benzene rings is 4. The summed E-state index contributed by atoms with van der Waals surface area (Å²) >= 11 is 0. The van der Waals surface area contributed by atoms with Crippen molar-refractivity contribution in [2.24, 2.45) is 23.7 Å². The minimum atomic E-state index is 0.0246. The summed E-state index contributed by atoms with van der Waals surface area (Å²) in [7, 11) is 0. The summed E-state index contributed by atoms with van der Waals surface area (Å²) in [5.74, 6) is 2.57. The molecule has 0 spiro atoms. The zero-order valence-electron chi connectivity index (χ0n) is 35.8. The van der Waals surface area contributed by atoms with Crippen molar-refractivity contribution in [3.8, 4) is 11.3 Å². The summed E-state index contributed by atoms with van der Waals surface area (Å²) in [6, 6.07) is 39.2. The van der Waals surface area contributed by atoms with E-state index in [0.717, 1.165) is 66.4 Å². The van der Waals surface area contributed by atoms with E-state index in [1.165, 1.54) is 28.1 Å². The normalized spacial score (nSPS) is 23.4. The predicted octanol–water partition coefficient (Wildman–Crippen LogP) is 14.4. The fourth-order valence-electron chi connectivity index (χ4n) is 11.1. The van der Waals surface area contributed by atoms with Gasteiger partial charge in [-0.3, -0.25) is 0 Å². The second kappa shape index (κ2) is 17.8. The number of fused-ring (bicyclic) bond motifs is 6. The number of anilines is 3. The Labute approximate surface area is 363 Å². The predicted molar refractivity (Wildman–Crippen MR) is 258 cm³/mol. The molecule has 1 aromatic heterocycles. The Kier molecular flexibility index (Phi) is 11.7. The molecule has 3 heterocycles. The number of para-hydroxylation sites is 3. The van der Waals surface area contributed by atoms with Gasteiger partial charge in [-0.15, -0.1) is 6.58 Å². The van der Waals surface area contributed by atoms with Crippen molar-refractivity contribution >= 4 is 28.2 Å². The molecule has 4 heteroatoms. The summed E-state index contributed by atoms with van der Waals surface area (Å²) in [5.41, 5.74) is 12.6. The van der Waals surface area contributed by atoms with Crippen LogP contribution in [0.1, 0.15) is 63.9 Å². The monoisotopic (exact) mass is 798 g/mol. The quantitative estimate of drug-likeness (QED) is 0.0780. The van der Waals surface area contributed by atoms with Gasteiger partial charge in [-0.1, -0.05) is 178 Å². The fourth-order valence-corrected chi connectivity index (χ4v) is 11.1. The summed E-state index contributed by atoms with van der Waals surface area (Å²) in [6.07, 6.45) is 26.8. The van der Waals surface area contributed by atoms with Crippen LogP contribution in [0.4, 0.5) is 17.3 Å². The zero-order chi connectivity index (χ0) is 41.9. The van der Waals surface area contributed by atoms with Gasteiger partial charge in [-0.25, -0.2) is 9.97 Å². The molecule has 3 unspecified atom stereocenters.